The molecule has 0 atom stereocenters. The molecule has 0 unspecified atom stereocenters. The minimum atomic E-state index is -0.476. The van der Waals surface area contributed by atoms with Crippen molar-refractivity contribution < 1.29 is 9.59 Å². The summed E-state index contributed by atoms with van der Waals surface area (Å²) in [5, 5.41) is -0.952. The largest absolute Gasteiger partial charge is 0.399 e. The number of nitrogens with two attached hydrogens (primary N) is 6. The first-order chi connectivity index (χ1) is 11.2. The van der Waals surface area contributed by atoms with Crippen molar-refractivity contribution in [3.8, 4) is 0 Å². The molecule has 0 fully saturated rings. The van der Waals surface area contributed by atoms with Gasteiger partial charge in [0, 0.05) is 34.1 Å². The van der Waals surface area contributed by atoms with Crippen LogP contribution in [0.2, 0.25) is 0 Å². The summed E-state index contributed by atoms with van der Waals surface area (Å²) in [4.78, 5) is 24.5. The maximum Gasteiger partial charge on any atom is 0.234 e. The molecule has 2 aromatic carbocycles. The SMILES string of the molecule is Nc1cc(N)c(C(=O)SSC(=O)c2c(N)cc(N)cc2N)c(N)c1. The third kappa shape index (κ3) is 3.60. The Bertz CT molecular complexity index is 724. The van der Waals surface area contributed by atoms with Crippen LogP contribution < -0.4 is 34.4 Å². The van der Waals surface area contributed by atoms with Crippen molar-refractivity contribution in [2.24, 2.45) is 0 Å². The lowest BCUT2D eigenvalue weighted by atomic mass is 10.1. The van der Waals surface area contributed by atoms with E-state index in [1.165, 1.54) is 24.3 Å². The van der Waals surface area contributed by atoms with Crippen molar-refractivity contribution in [1.29, 1.82) is 0 Å². The van der Waals surface area contributed by atoms with Crippen LogP contribution in [0.3, 0.4) is 0 Å². The molecule has 126 valence electrons. The molecule has 10 heteroatoms. The molecule has 0 aromatic heterocycles. The molecule has 0 aliphatic rings. The van der Waals surface area contributed by atoms with E-state index in [1.54, 1.807) is 0 Å². The van der Waals surface area contributed by atoms with Gasteiger partial charge in [0.25, 0.3) is 0 Å². The lowest BCUT2D eigenvalue weighted by molar-refractivity contribution is 0.108. The maximum atomic E-state index is 12.3. The van der Waals surface area contributed by atoms with E-state index >= 15 is 0 Å². The molecule has 8 nitrogen and oxygen atoms in total. The molecular weight excluding hydrogens is 348 g/mol. The zero-order valence-corrected chi connectivity index (χ0v) is 14.0. The van der Waals surface area contributed by atoms with Gasteiger partial charge in [0.1, 0.15) is 0 Å². The highest BCUT2D eigenvalue weighted by Gasteiger charge is 2.21. The zero-order chi connectivity index (χ0) is 18.0. The highest BCUT2D eigenvalue weighted by atomic mass is 33.1. The fraction of sp³-hybridized carbons (Fsp3) is 0. The summed E-state index contributed by atoms with van der Waals surface area (Å²) < 4.78 is 0. The fourth-order valence-corrected chi connectivity index (χ4v) is 3.80. The Labute approximate surface area is 145 Å². The molecule has 0 heterocycles. The Kier molecular flexibility index (Phi) is 5.00. The van der Waals surface area contributed by atoms with Crippen molar-refractivity contribution in [2.75, 3.05) is 34.4 Å². The highest BCUT2D eigenvalue weighted by Crippen LogP contribution is 2.37. The quantitative estimate of drug-likeness (QED) is 0.336. The number of benzene rings is 2. The van der Waals surface area contributed by atoms with Crippen molar-refractivity contribution in [3.05, 3.63) is 35.4 Å². The van der Waals surface area contributed by atoms with Crippen LogP contribution in [0.4, 0.5) is 34.1 Å². The summed E-state index contributed by atoms with van der Waals surface area (Å²) in [7, 11) is 1.35. The van der Waals surface area contributed by atoms with E-state index < -0.39 is 10.2 Å². The number of nitrogen functional groups attached to an aromatic ring is 6. The van der Waals surface area contributed by atoms with E-state index in [9.17, 15) is 9.59 Å². The topological polar surface area (TPSA) is 190 Å². The molecule has 0 amide bonds. The molecule has 0 aliphatic heterocycles. The zero-order valence-electron chi connectivity index (χ0n) is 12.4. The van der Waals surface area contributed by atoms with E-state index in [0.29, 0.717) is 33.0 Å². The summed E-state index contributed by atoms with van der Waals surface area (Å²) >= 11 is 0. The summed E-state index contributed by atoms with van der Waals surface area (Å²) in [5.74, 6) is 0. The molecule has 0 radical (unpaired) electrons. The number of carbonyl (C=O) groups is 2. The van der Waals surface area contributed by atoms with E-state index in [1.807, 2.05) is 0 Å². The number of anilines is 6. The Morgan fingerprint density at radius 2 is 0.833 bits per heavy atom. The minimum Gasteiger partial charge on any atom is -0.399 e. The van der Waals surface area contributed by atoms with Gasteiger partial charge in [0.2, 0.25) is 10.2 Å². The van der Waals surface area contributed by atoms with Gasteiger partial charge < -0.3 is 34.4 Å². The lowest BCUT2D eigenvalue weighted by Crippen LogP contribution is -2.08. The predicted octanol–water partition coefficient (Wildman–Crippen LogP) is 1.54. The second-order valence-corrected chi connectivity index (χ2v) is 6.97. The van der Waals surface area contributed by atoms with Crippen LogP contribution in [-0.4, -0.2) is 10.2 Å². The monoisotopic (exact) mass is 364 g/mol. The first kappa shape index (κ1) is 17.6. The van der Waals surface area contributed by atoms with E-state index in [2.05, 4.69) is 0 Å². The van der Waals surface area contributed by atoms with Crippen molar-refractivity contribution in [3.63, 3.8) is 0 Å². The Hall–Kier alpha value is -2.72. The van der Waals surface area contributed by atoms with Gasteiger partial charge in [-0.2, -0.15) is 0 Å². The number of rotatable bonds is 2. The van der Waals surface area contributed by atoms with E-state index in [0.717, 1.165) is 0 Å². The average Bonchev–Trinajstić information content (AvgIpc) is 2.42. The van der Waals surface area contributed by atoms with Gasteiger partial charge in [-0.1, -0.05) is 0 Å². The van der Waals surface area contributed by atoms with Crippen LogP contribution in [-0.2, 0) is 0 Å². The molecule has 24 heavy (non-hydrogen) atoms. The molecule has 2 aromatic rings. The highest BCUT2D eigenvalue weighted by molar-refractivity contribution is 8.87. The molecule has 0 saturated heterocycles. The number of carbonyl (C=O) groups excluding carboxylic acids is 2. The smallest absolute Gasteiger partial charge is 0.234 e. The Morgan fingerprint density at radius 3 is 1.08 bits per heavy atom. The normalized spacial score (nSPS) is 10.5. The molecule has 0 saturated carbocycles. The molecule has 0 spiro atoms. The van der Waals surface area contributed by atoms with Gasteiger partial charge in [0.05, 0.1) is 11.1 Å². The van der Waals surface area contributed by atoms with Gasteiger partial charge in [-0.25, -0.2) is 0 Å². The Balaban J connectivity index is 2.17. The fourth-order valence-electron chi connectivity index (χ4n) is 2.05. The summed E-state index contributed by atoms with van der Waals surface area (Å²) in [5.41, 5.74) is 35.7. The summed E-state index contributed by atoms with van der Waals surface area (Å²) in [6.07, 6.45) is 0. The second kappa shape index (κ2) is 6.81. The summed E-state index contributed by atoms with van der Waals surface area (Å²) in [6, 6.07) is 5.69. The number of hydrogen-bond acceptors (Lipinski definition) is 10. The van der Waals surface area contributed by atoms with Gasteiger partial charge in [-0.15, -0.1) is 0 Å². The molecule has 12 N–H and O–H groups in total. The van der Waals surface area contributed by atoms with Crippen molar-refractivity contribution >= 4 is 65.9 Å². The third-order valence-corrected chi connectivity index (χ3v) is 5.00. The van der Waals surface area contributed by atoms with Gasteiger partial charge in [-0.3, -0.25) is 9.59 Å². The third-order valence-electron chi connectivity index (χ3n) is 3.04. The first-order valence-corrected chi connectivity index (χ1v) is 8.67. The Morgan fingerprint density at radius 1 is 0.583 bits per heavy atom. The summed E-state index contributed by atoms with van der Waals surface area (Å²) in [6.45, 7) is 0. The predicted molar refractivity (Wildman–Crippen MR) is 103 cm³/mol. The first-order valence-electron chi connectivity index (χ1n) is 6.52. The van der Waals surface area contributed by atoms with Gasteiger partial charge in [-0.05, 0) is 45.9 Å². The van der Waals surface area contributed by atoms with Crippen LogP contribution in [0, 0.1) is 0 Å². The lowest BCUT2D eigenvalue weighted by Gasteiger charge is -2.10. The van der Waals surface area contributed by atoms with Crippen molar-refractivity contribution in [2.45, 2.75) is 0 Å². The van der Waals surface area contributed by atoms with Crippen LogP contribution in [0.1, 0.15) is 20.7 Å². The number of hydrogen-bond donors (Lipinski definition) is 6. The second-order valence-electron chi connectivity index (χ2n) is 4.89. The molecule has 0 aliphatic carbocycles. The van der Waals surface area contributed by atoms with Crippen LogP contribution in [0.5, 0.6) is 0 Å². The van der Waals surface area contributed by atoms with E-state index in [-0.39, 0.29) is 33.9 Å². The molecule has 2 rings (SSSR count). The standard InChI is InChI=1S/C14H16N6O2S2/c15-5-1-7(17)11(8(18)2-5)13(21)23-24-14(22)12-9(19)3-6(16)4-10(12)20/h1-4H,15-20H2. The molecular formula is C14H16N6O2S2. The van der Waals surface area contributed by atoms with Crippen LogP contribution in [0.25, 0.3) is 0 Å². The van der Waals surface area contributed by atoms with Gasteiger partial charge >= 0.3 is 0 Å². The van der Waals surface area contributed by atoms with E-state index in [4.69, 9.17) is 34.4 Å². The van der Waals surface area contributed by atoms with Crippen LogP contribution in [0.15, 0.2) is 24.3 Å². The maximum absolute atomic E-state index is 12.3. The average molecular weight is 364 g/mol. The van der Waals surface area contributed by atoms with Crippen molar-refractivity contribution in [1.82, 2.24) is 0 Å². The van der Waals surface area contributed by atoms with Crippen LogP contribution >= 0.6 is 21.6 Å². The van der Waals surface area contributed by atoms with Gasteiger partial charge in [0.15, 0.2) is 0 Å². The minimum absolute atomic E-state index is 0.104. The molecule has 0 bridgehead atoms.